The van der Waals surface area contributed by atoms with Gasteiger partial charge in [-0.05, 0) is 20.8 Å². The van der Waals surface area contributed by atoms with E-state index in [1.165, 1.54) is 12.4 Å². The predicted octanol–water partition coefficient (Wildman–Crippen LogP) is 2.40. The standard InChI is InChI=1S/C11H15ClN2O2/c1-11(2,3)16-10(15)5-4-9-13-6-8(12)7-14-9/h6-7H,4-5H2,1-3H3. The Morgan fingerprint density at radius 3 is 2.44 bits per heavy atom. The van der Waals surface area contributed by atoms with Crippen LogP contribution in [0.15, 0.2) is 12.4 Å². The lowest BCUT2D eigenvalue weighted by atomic mass is 10.2. The molecule has 0 aromatic carbocycles. The van der Waals surface area contributed by atoms with Crippen LogP contribution >= 0.6 is 11.6 Å². The Morgan fingerprint density at radius 2 is 1.94 bits per heavy atom. The number of halogens is 1. The molecular weight excluding hydrogens is 228 g/mol. The zero-order valence-corrected chi connectivity index (χ0v) is 10.4. The molecule has 0 aliphatic rings. The quantitative estimate of drug-likeness (QED) is 0.764. The first-order chi connectivity index (χ1) is 7.37. The van der Waals surface area contributed by atoms with Crippen LogP contribution in [0.3, 0.4) is 0 Å². The van der Waals surface area contributed by atoms with Gasteiger partial charge >= 0.3 is 5.97 Å². The summed E-state index contributed by atoms with van der Waals surface area (Å²) in [6, 6.07) is 0. The summed E-state index contributed by atoms with van der Waals surface area (Å²) >= 11 is 5.64. The van der Waals surface area contributed by atoms with Crippen LogP contribution in [0.2, 0.25) is 5.02 Å². The Bertz CT molecular complexity index is 357. The Hall–Kier alpha value is -1.16. The topological polar surface area (TPSA) is 52.1 Å². The Morgan fingerprint density at radius 1 is 1.38 bits per heavy atom. The third-order valence-corrected chi connectivity index (χ3v) is 1.84. The van der Waals surface area contributed by atoms with Crippen LogP contribution in [0.1, 0.15) is 33.0 Å². The van der Waals surface area contributed by atoms with E-state index in [2.05, 4.69) is 9.97 Å². The highest BCUT2D eigenvalue weighted by atomic mass is 35.5. The van der Waals surface area contributed by atoms with Crippen LogP contribution < -0.4 is 0 Å². The minimum Gasteiger partial charge on any atom is -0.460 e. The number of ether oxygens (including phenoxy) is 1. The van der Waals surface area contributed by atoms with Crippen molar-refractivity contribution in [2.24, 2.45) is 0 Å². The van der Waals surface area contributed by atoms with Gasteiger partial charge in [0, 0.05) is 18.8 Å². The fourth-order valence-corrected chi connectivity index (χ4v) is 1.17. The molecular formula is C11H15ClN2O2. The minimum atomic E-state index is -0.446. The van der Waals surface area contributed by atoms with E-state index in [-0.39, 0.29) is 12.4 Å². The van der Waals surface area contributed by atoms with Crippen molar-refractivity contribution in [1.29, 1.82) is 0 Å². The molecule has 88 valence electrons. The molecule has 0 bridgehead atoms. The molecule has 0 aliphatic carbocycles. The summed E-state index contributed by atoms with van der Waals surface area (Å²) < 4.78 is 5.16. The van der Waals surface area contributed by atoms with Crippen molar-refractivity contribution in [3.8, 4) is 0 Å². The Kier molecular flexibility index (Phi) is 4.24. The normalized spacial score (nSPS) is 11.2. The van der Waals surface area contributed by atoms with Gasteiger partial charge in [-0.15, -0.1) is 0 Å². The lowest BCUT2D eigenvalue weighted by molar-refractivity contribution is -0.154. The minimum absolute atomic E-state index is 0.244. The maximum atomic E-state index is 11.4. The van der Waals surface area contributed by atoms with Crippen LogP contribution in [0, 0.1) is 0 Å². The van der Waals surface area contributed by atoms with Gasteiger partial charge in [-0.3, -0.25) is 4.79 Å². The van der Waals surface area contributed by atoms with E-state index in [4.69, 9.17) is 16.3 Å². The summed E-state index contributed by atoms with van der Waals surface area (Å²) in [4.78, 5) is 19.4. The number of aryl methyl sites for hydroxylation is 1. The second kappa shape index (κ2) is 5.25. The number of hydrogen-bond donors (Lipinski definition) is 0. The lowest BCUT2D eigenvalue weighted by Gasteiger charge is -2.19. The fraction of sp³-hybridized carbons (Fsp3) is 0.545. The van der Waals surface area contributed by atoms with Gasteiger partial charge in [-0.2, -0.15) is 0 Å². The third kappa shape index (κ3) is 5.07. The first-order valence-corrected chi connectivity index (χ1v) is 5.43. The van der Waals surface area contributed by atoms with Crippen LogP contribution in [0.5, 0.6) is 0 Å². The highest BCUT2D eigenvalue weighted by molar-refractivity contribution is 6.30. The molecule has 0 amide bonds. The van der Waals surface area contributed by atoms with Crippen molar-refractivity contribution in [3.05, 3.63) is 23.2 Å². The van der Waals surface area contributed by atoms with E-state index in [1.807, 2.05) is 20.8 Å². The predicted molar refractivity (Wildman–Crippen MR) is 61.2 cm³/mol. The zero-order chi connectivity index (χ0) is 12.2. The summed E-state index contributed by atoms with van der Waals surface area (Å²) in [6.45, 7) is 5.51. The van der Waals surface area contributed by atoms with Crippen LogP contribution in [0.4, 0.5) is 0 Å². The Labute approximate surface area is 100 Å². The molecule has 5 heteroatoms. The SMILES string of the molecule is CC(C)(C)OC(=O)CCc1ncc(Cl)cn1. The van der Waals surface area contributed by atoms with Crippen LogP contribution in [0.25, 0.3) is 0 Å². The molecule has 0 N–H and O–H groups in total. The summed E-state index contributed by atoms with van der Waals surface area (Å²) in [5.74, 6) is 0.348. The first-order valence-electron chi connectivity index (χ1n) is 5.05. The summed E-state index contributed by atoms with van der Waals surface area (Å²) in [6.07, 6.45) is 3.77. The summed E-state index contributed by atoms with van der Waals surface area (Å²) in [5, 5.41) is 0.487. The second-order valence-electron chi connectivity index (χ2n) is 4.40. The number of nitrogens with zero attached hydrogens (tertiary/aromatic N) is 2. The number of rotatable bonds is 3. The molecule has 0 aliphatic heterocycles. The van der Waals surface area contributed by atoms with Crippen LogP contribution in [-0.4, -0.2) is 21.5 Å². The maximum Gasteiger partial charge on any atom is 0.306 e. The van der Waals surface area contributed by atoms with Gasteiger partial charge < -0.3 is 4.74 Å². The van der Waals surface area contributed by atoms with E-state index in [9.17, 15) is 4.79 Å². The van der Waals surface area contributed by atoms with Crippen molar-refractivity contribution in [1.82, 2.24) is 9.97 Å². The van der Waals surface area contributed by atoms with Gasteiger partial charge in [0.2, 0.25) is 0 Å². The zero-order valence-electron chi connectivity index (χ0n) is 9.66. The fourth-order valence-electron chi connectivity index (χ4n) is 1.07. The van der Waals surface area contributed by atoms with Crippen molar-refractivity contribution in [3.63, 3.8) is 0 Å². The van der Waals surface area contributed by atoms with Gasteiger partial charge in [0.1, 0.15) is 11.4 Å². The number of carbonyl (C=O) groups is 1. The Balaban J connectivity index is 2.40. The molecule has 4 nitrogen and oxygen atoms in total. The molecule has 1 rings (SSSR count). The molecule has 16 heavy (non-hydrogen) atoms. The van der Waals surface area contributed by atoms with E-state index in [0.29, 0.717) is 17.3 Å². The molecule has 0 atom stereocenters. The molecule has 1 aromatic rings. The highest BCUT2D eigenvalue weighted by Gasteiger charge is 2.16. The van der Waals surface area contributed by atoms with Gasteiger partial charge in [-0.25, -0.2) is 9.97 Å². The third-order valence-electron chi connectivity index (χ3n) is 1.65. The van der Waals surface area contributed by atoms with Crippen molar-refractivity contribution in [2.75, 3.05) is 0 Å². The largest absolute Gasteiger partial charge is 0.460 e. The number of aromatic nitrogens is 2. The number of esters is 1. The highest BCUT2D eigenvalue weighted by Crippen LogP contribution is 2.10. The van der Waals surface area contributed by atoms with Gasteiger partial charge in [0.25, 0.3) is 0 Å². The molecule has 0 saturated heterocycles. The summed E-state index contributed by atoms with van der Waals surface area (Å²) in [7, 11) is 0. The maximum absolute atomic E-state index is 11.4. The van der Waals surface area contributed by atoms with E-state index in [1.54, 1.807) is 0 Å². The van der Waals surface area contributed by atoms with Gasteiger partial charge in [0.05, 0.1) is 11.4 Å². The molecule has 0 fully saturated rings. The smallest absolute Gasteiger partial charge is 0.306 e. The van der Waals surface area contributed by atoms with E-state index < -0.39 is 5.60 Å². The van der Waals surface area contributed by atoms with Crippen molar-refractivity contribution >= 4 is 17.6 Å². The first kappa shape index (κ1) is 12.9. The van der Waals surface area contributed by atoms with E-state index >= 15 is 0 Å². The number of carbonyl (C=O) groups excluding carboxylic acids is 1. The summed E-state index contributed by atoms with van der Waals surface area (Å²) in [5.41, 5.74) is -0.446. The van der Waals surface area contributed by atoms with E-state index in [0.717, 1.165) is 0 Å². The molecule has 0 spiro atoms. The molecule has 1 aromatic heterocycles. The molecule has 1 heterocycles. The second-order valence-corrected chi connectivity index (χ2v) is 4.84. The van der Waals surface area contributed by atoms with Crippen LogP contribution in [-0.2, 0) is 16.0 Å². The van der Waals surface area contributed by atoms with Crippen molar-refractivity contribution < 1.29 is 9.53 Å². The van der Waals surface area contributed by atoms with Gasteiger partial charge in [-0.1, -0.05) is 11.6 Å². The van der Waals surface area contributed by atoms with Crippen molar-refractivity contribution in [2.45, 2.75) is 39.2 Å². The average molecular weight is 243 g/mol. The number of hydrogen-bond acceptors (Lipinski definition) is 4. The van der Waals surface area contributed by atoms with Gasteiger partial charge in [0.15, 0.2) is 0 Å². The monoisotopic (exact) mass is 242 g/mol. The molecule has 0 radical (unpaired) electrons. The molecule has 0 saturated carbocycles. The average Bonchev–Trinajstić information content (AvgIpc) is 2.14. The molecule has 0 unspecified atom stereocenters. The lowest BCUT2D eigenvalue weighted by Crippen LogP contribution is -2.24.